The molecule has 0 aliphatic carbocycles. The summed E-state index contributed by atoms with van der Waals surface area (Å²) >= 11 is 0. The average Bonchev–Trinajstić information content (AvgIpc) is 2.01. The summed E-state index contributed by atoms with van der Waals surface area (Å²) in [6, 6.07) is 0. The van der Waals surface area contributed by atoms with Gasteiger partial charge in [-0.1, -0.05) is 51.7 Å². The largest absolute Gasteiger partial charge is 0.0856 e. The molecule has 0 bridgehead atoms. The molecule has 0 saturated carbocycles. The Bertz CT molecular complexity index is 122. The Labute approximate surface area is 78.1 Å². The van der Waals surface area contributed by atoms with Crippen molar-refractivity contribution in [2.75, 3.05) is 0 Å². The van der Waals surface area contributed by atoms with E-state index in [9.17, 15) is 0 Å². The molecule has 0 heterocycles. The first-order valence-electron chi connectivity index (χ1n) is 5.36. The van der Waals surface area contributed by atoms with Gasteiger partial charge in [-0.2, -0.15) is 0 Å². The molecule has 0 N–H and O–H groups in total. The summed E-state index contributed by atoms with van der Waals surface area (Å²) in [6.07, 6.45) is 8.92. The van der Waals surface area contributed by atoms with Crippen LogP contribution in [0.15, 0.2) is 11.6 Å². The molecule has 0 amide bonds. The zero-order valence-corrected chi connectivity index (χ0v) is 9.19. The maximum absolute atomic E-state index is 2.40. The summed E-state index contributed by atoms with van der Waals surface area (Å²) in [4.78, 5) is 0. The van der Waals surface area contributed by atoms with Gasteiger partial charge in [0.1, 0.15) is 0 Å². The van der Waals surface area contributed by atoms with Crippen molar-refractivity contribution in [1.82, 2.24) is 0 Å². The van der Waals surface area contributed by atoms with Crippen LogP contribution in [0.3, 0.4) is 0 Å². The normalized spacial score (nSPS) is 14.8. The standard InChI is InChI=1S/C12H24/c1-5-7-9-12(4)10-11(3)8-6-2/h9,11H,5-8,10H2,1-4H3. The van der Waals surface area contributed by atoms with Crippen LogP contribution >= 0.6 is 0 Å². The summed E-state index contributed by atoms with van der Waals surface area (Å²) in [5.41, 5.74) is 1.58. The Morgan fingerprint density at radius 2 is 1.92 bits per heavy atom. The zero-order valence-electron chi connectivity index (χ0n) is 9.19. The van der Waals surface area contributed by atoms with E-state index in [4.69, 9.17) is 0 Å². The minimum atomic E-state index is 0.878. The molecule has 0 aromatic heterocycles. The second kappa shape index (κ2) is 7.39. The van der Waals surface area contributed by atoms with Crippen molar-refractivity contribution in [3.05, 3.63) is 11.6 Å². The number of unbranched alkanes of at least 4 members (excludes halogenated alkanes) is 1. The van der Waals surface area contributed by atoms with Crippen molar-refractivity contribution in [3.8, 4) is 0 Å². The lowest BCUT2D eigenvalue weighted by Crippen LogP contribution is -1.94. The van der Waals surface area contributed by atoms with Gasteiger partial charge in [0.05, 0.1) is 0 Å². The van der Waals surface area contributed by atoms with Gasteiger partial charge in [-0.05, 0) is 25.7 Å². The van der Waals surface area contributed by atoms with E-state index >= 15 is 0 Å². The van der Waals surface area contributed by atoms with Crippen molar-refractivity contribution >= 4 is 0 Å². The number of hydrogen-bond acceptors (Lipinski definition) is 0. The topological polar surface area (TPSA) is 0 Å². The van der Waals surface area contributed by atoms with Gasteiger partial charge in [-0.25, -0.2) is 0 Å². The van der Waals surface area contributed by atoms with Crippen LogP contribution in [-0.2, 0) is 0 Å². The highest BCUT2D eigenvalue weighted by Crippen LogP contribution is 2.16. The highest BCUT2D eigenvalue weighted by molar-refractivity contribution is 4.98. The lowest BCUT2D eigenvalue weighted by molar-refractivity contribution is 0.519. The van der Waals surface area contributed by atoms with Gasteiger partial charge in [-0.3, -0.25) is 0 Å². The smallest absolute Gasteiger partial charge is 0.0297 e. The maximum atomic E-state index is 2.40. The van der Waals surface area contributed by atoms with E-state index in [0.717, 1.165) is 5.92 Å². The van der Waals surface area contributed by atoms with E-state index < -0.39 is 0 Å². The van der Waals surface area contributed by atoms with E-state index in [0.29, 0.717) is 0 Å². The maximum Gasteiger partial charge on any atom is -0.0297 e. The predicted molar refractivity (Wildman–Crippen MR) is 57.4 cm³/mol. The van der Waals surface area contributed by atoms with Crippen LogP contribution < -0.4 is 0 Å². The van der Waals surface area contributed by atoms with Crippen LogP contribution in [0.25, 0.3) is 0 Å². The first kappa shape index (κ1) is 11.7. The quantitative estimate of drug-likeness (QED) is 0.510. The zero-order chi connectivity index (χ0) is 9.40. The molecule has 0 aromatic rings. The fourth-order valence-corrected chi connectivity index (χ4v) is 1.62. The lowest BCUT2D eigenvalue weighted by Gasteiger charge is -2.09. The number of rotatable bonds is 6. The molecule has 0 aliphatic rings. The fourth-order valence-electron chi connectivity index (χ4n) is 1.62. The molecule has 0 rings (SSSR count). The Hall–Kier alpha value is -0.260. The predicted octanol–water partition coefficient (Wildman–Crippen LogP) is 4.56. The number of allylic oxidation sites excluding steroid dienone is 2. The molecular formula is C12H24. The fraction of sp³-hybridized carbons (Fsp3) is 0.833. The molecular weight excluding hydrogens is 144 g/mol. The molecule has 0 spiro atoms. The Kier molecular flexibility index (Phi) is 7.23. The summed E-state index contributed by atoms with van der Waals surface area (Å²) in [5, 5.41) is 0. The number of hydrogen-bond donors (Lipinski definition) is 0. The van der Waals surface area contributed by atoms with Crippen molar-refractivity contribution in [3.63, 3.8) is 0 Å². The van der Waals surface area contributed by atoms with Crippen LogP contribution in [0.4, 0.5) is 0 Å². The van der Waals surface area contributed by atoms with Crippen LogP contribution in [0, 0.1) is 5.92 Å². The van der Waals surface area contributed by atoms with E-state index in [1.165, 1.54) is 32.1 Å². The van der Waals surface area contributed by atoms with Gasteiger partial charge in [0.25, 0.3) is 0 Å². The Morgan fingerprint density at radius 1 is 1.25 bits per heavy atom. The van der Waals surface area contributed by atoms with Gasteiger partial charge in [0, 0.05) is 0 Å². The van der Waals surface area contributed by atoms with E-state index in [1.807, 2.05) is 0 Å². The summed E-state index contributed by atoms with van der Waals surface area (Å²) in [5.74, 6) is 0.878. The van der Waals surface area contributed by atoms with Crippen molar-refractivity contribution in [2.24, 2.45) is 5.92 Å². The van der Waals surface area contributed by atoms with Gasteiger partial charge in [0.15, 0.2) is 0 Å². The van der Waals surface area contributed by atoms with Crippen LogP contribution in [0.5, 0.6) is 0 Å². The lowest BCUT2D eigenvalue weighted by atomic mass is 9.97. The molecule has 1 atom stereocenters. The molecule has 0 nitrogen and oxygen atoms in total. The van der Waals surface area contributed by atoms with Gasteiger partial charge in [0.2, 0.25) is 0 Å². The second-order valence-electron chi connectivity index (χ2n) is 3.94. The Balaban J connectivity index is 3.59. The summed E-state index contributed by atoms with van der Waals surface area (Å²) in [7, 11) is 0. The molecule has 0 fully saturated rings. The Morgan fingerprint density at radius 3 is 2.42 bits per heavy atom. The van der Waals surface area contributed by atoms with Crippen LogP contribution in [0.2, 0.25) is 0 Å². The SMILES string of the molecule is CCCC=C(C)CC(C)CCC. The first-order valence-corrected chi connectivity index (χ1v) is 5.36. The average molecular weight is 168 g/mol. The van der Waals surface area contributed by atoms with Crippen LogP contribution in [-0.4, -0.2) is 0 Å². The molecule has 12 heavy (non-hydrogen) atoms. The van der Waals surface area contributed by atoms with Gasteiger partial charge < -0.3 is 0 Å². The molecule has 0 aromatic carbocycles. The molecule has 0 heteroatoms. The van der Waals surface area contributed by atoms with Gasteiger partial charge in [-0.15, -0.1) is 0 Å². The van der Waals surface area contributed by atoms with Gasteiger partial charge >= 0.3 is 0 Å². The highest BCUT2D eigenvalue weighted by atomic mass is 14.1. The molecule has 0 aliphatic heterocycles. The van der Waals surface area contributed by atoms with Crippen molar-refractivity contribution in [1.29, 1.82) is 0 Å². The van der Waals surface area contributed by atoms with Crippen molar-refractivity contribution < 1.29 is 0 Å². The third kappa shape index (κ3) is 6.45. The van der Waals surface area contributed by atoms with Crippen molar-refractivity contribution in [2.45, 2.75) is 59.8 Å². The minimum Gasteiger partial charge on any atom is -0.0856 e. The monoisotopic (exact) mass is 168 g/mol. The summed E-state index contributed by atoms with van der Waals surface area (Å²) in [6.45, 7) is 9.12. The van der Waals surface area contributed by atoms with E-state index in [-0.39, 0.29) is 0 Å². The summed E-state index contributed by atoms with van der Waals surface area (Å²) < 4.78 is 0. The molecule has 72 valence electrons. The minimum absolute atomic E-state index is 0.878. The first-order chi connectivity index (χ1) is 5.70. The third-order valence-corrected chi connectivity index (χ3v) is 2.23. The third-order valence-electron chi connectivity index (χ3n) is 2.23. The molecule has 0 saturated heterocycles. The van der Waals surface area contributed by atoms with E-state index in [2.05, 4.69) is 33.8 Å². The molecule has 0 radical (unpaired) electrons. The van der Waals surface area contributed by atoms with Crippen LogP contribution in [0.1, 0.15) is 59.8 Å². The van der Waals surface area contributed by atoms with E-state index in [1.54, 1.807) is 5.57 Å². The highest BCUT2D eigenvalue weighted by Gasteiger charge is 2.00. The second-order valence-corrected chi connectivity index (χ2v) is 3.94. The molecule has 1 unspecified atom stereocenters.